The zero-order valence-corrected chi connectivity index (χ0v) is 24.4. The first-order valence-corrected chi connectivity index (χ1v) is 15.9. The summed E-state index contributed by atoms with van der Waals surface area (Å²) < 4.78 is 49.3. The van der Waals surface area contributed by atoms with E-state index in [2.05, 4.69) is 31.7 Å². The van der Waals surface area contributed by atoms with Crippen LogP contribution in [0.2, 0.25) is 0 Å². The molecular weight excluding hydrogens is 510 g/mol. The summed E-state index contributed by atoms with van der Waals surface area (Å²) in [5, 5.41) is 0. The number of allylic oxidation sites excluding steroid dienone is 1. The Morgan fingerprint density at radius 1 is 1.16 bits per heavy atom. The van der Waals surface area contributed by atoms with Crippen LogP contribution >= 0.6 is 0 Å². The number of hydrogen-bond donors (Lipinski definition) is 0. The molecule has 5 rings (SSSR count). The predicted molar refractivity (Wildman–Crippen MR) is 142 cm³/mol. The molecule has 0 radical (unpaired) electrons. The molecule has 10 nitrogen and oxygen atoms in total. The Kier molecular flexibility index (Phi) is 7.91. The van der Waals surface area contributed by atoms with Crippen LogP contribution in [-0.4, -0.2) is 124 Å². The normalized spacial score (nSPS) is 38.1. The third-order valence-electron chi connectivity index (χ3n) is 9.36. The second-order valence-electron chi connectivity index (χ2n) is 12.4. The van der Waals surface area contributed by atoms with Crippen molar-refractivity contribution in [3.63, 3.8) is 0 Å². The highest BCUT2D eigenvalue weighted by Crippen LogP contribution is 2.59. The van der Waals surface area contributed by atoms with Gasteiger partial charge in [0.15, 0.2) is 0 Å². The van der Waals surface area contributed by atoms with E-state index >= 15 is 0 Å². The molecule has 0 aromatic rings. The maximum atomic E-state index is 13.0. The molecule has 0 N–H and O–H groups in total. The highest BCUT2D eigenvalue weighted by molar-refractivity contribution is 7.88. The molecule has 0 aromatic carbocycles. The smallest absolute Gasteiger partial charge is 0.410 e. The van der Waals surface area contributed by atoms with Gasteiger partial charge in [0.2, 0.25) is 10.0 Å². The van der Waals surface area contributed by atoms with E-state index in [1.165, 1.54) is 11.8 Å². The van der Waals surface area contributed by atoms with Gasteiger partial charge in [0.25, 0.3) is 0 Å². The van der Waals surface area contributed by atoms with Gasteiger partial charge >= 0.3 is 6.09 Å². The average molecular weight is 556 g/mol. The highest BCUT2D eigenvalue weighted by Gasteiger charge is 2.72. The number of ether oxygens (including phenoxy) is 4. The van der Waals surface area contributed by atoms with E-state index in [1.54, 1.807) is 16.3 Å². The number of carbonyl (C=O) groups is 1. The van der Waals surface area contributed by atoms with Gasteiger partial charge in [-0.15, -0.1) is 0 Å². The monoisotopic (exact) mass is 555 g/mol. The lowest BCUT2D eigenvalue weighted by Gasteiger charge is -2.45. The fraction of sp³-hybridized carbons (Fsp3) is 0.889. The molecule has 4 saturated heterocycles. The summed E-state index contributed by atoms with van der Waals surface area (Å²) in [5.41, 5.74) is 0.705. The zero-order chi connectivity index (χ0) is 27.3. The molecule has 5 fully saturated rings. The van der Waals surface area contributed by atoms with Crippen LogP contribution in [0, 0.1) is 11.8 Å². The first kappa shape index (κ1) is 28.3. The number of methoxy groups -OCH3 is 1. The molecule has 1 unspecified atom stereocenters. The number of rotatable bonds is 9. The Balaban J connectivity index is 1.09. The number of amides is 1. The van der Waals surface area contributed by atoms with Crippen molar-refractivity contribution in [2.24, 2.45) is 11.8 Å². The van der Waals surface area contributed by atoms with Gasteiger partial charge in [0, 0.05) is 46.4 Å². The quantitative estimate of drug-likeness (QED) is 0.315. The van der Waals surface area contributed by atoms with E-state index in [9.17, 15) is 13.2 Å². The standard InChI is InChI=1S/C27H45N3O7S/c1-19(2)6-7-22-26(3,37-22)24-23(34-4)21(8-10-27(24)18-35-27)36-25(31)29-16-20(17-29)9-11-28-12-14-30(15-13-28)38(5,32)33/h6,20-24H,7-18H2,1-5H3/t21-,22-,23-,24?,26+,27+/m1/s1. The van der Waals surface area contributed by atoms with Gasteiger partial charge in [-0.05, 0) is 58.9 Å². The van der Waals surface area contributed by atoms with Crippen molar-refractivity contribution >= 4 is 16.1 Å². The van der Waals surface area contributed by atoms with Gasteiger partial charge in [-0.2, -0.15) is 4.31 Å². The third kappa shape index (κ3) is 5.78. The molecule has 38 heavy (non-hydrogen) atoms. The first-order chi connectivity index (χ1) is 17.9. The van der Waals surface area contributed by atoms with Crippen LogP contribution in [0.5, 0.6) is 0 Å². The van der Waals surface area contributed by atoms with Crippen LogP contribution in [0.25, 0.3) is 0 Å². The summed E-state index contributed by atoms with van der Waals surface area (Å²) in [6, 6.07) is 0. The van der Waals surface area contributed by atoms with Crippen LogP contribution in [0.3, 0.4) is 0 Å². The minimum Gasteiger partial charge on any atom is -0.443 e. The second-order valence-corrected chi connectivity index (χ2v) is 14.3. The topological polar surface area (TPSA) is 104 Å². The minimum absolute atomic E-state index is 0.0226. The maximum absolute atomic E-state index is 13.0. The van der Waals surface area contributed by atoms with Gasteiger partial charge in [0.1, 0.15) is 23.4 Å². The van der Waals surface area contributed by atoms with E-state index in [0.29, 0.717) is 38.7 Å². The SMILES string of the molecule is CO[C@H]1C([C@@]2(C)O[C@@H]2CC=C(C)C)[C@]2(CC[C@H]1OC(=O)N1CC(CCN3CCN(S(C)(=O)=O)CC3)C1)CO2. The van der Waals surface area contributed by atoms with Crippen molar-refractivity contribution in [3.8, 4) is 0 Å². The largest absolute Gasteiger partial charge is 0.443 e. The molecule has 4 heterocycles. The highest BCUT2D eigenvalue weighted by atomic mass is 32.2. The van der Waals surface area contributed by atoms with Crippen molar-refractivity contribution in [1.82, 2.24) is 14.1 Å². The molecule has 1 saturated carbocycles. The zero-order valence-electron chi connectivity index (χ0n) is 23.6. The van der Waals surface area contributed by atoms with Crippen LogP contribution < -0.4 is 0 Å². The summed E-state index contributed by atoms with van der Waals surface area (Å²) in [5.74, 6) is 0.472. The molecule has 1 aliphatic carbocycles. The average Bonchev–Trinajstić information content (AvgIpc) is 3.74. The number of sulfonamides is 1. The third-order valence-corrected chi connectivity index (χ3v) is 10.7. The fourth-order valence-electron chi connectivity index (χ4n) is 6.83. The van der Waals surface area contributed by atoms with Crippen molar-refractivity contribution < 1.29 is 32.2 Å². The van der Waals surface area contributed by atoms with Gasteiger partial charge in [-0.1, -0.05) is 11.6 Å². The second kappa shape index (κ2) is 10.6. The van der Waals surface area contributed by atoms with Crippen molar-refractivity contribution in [2.75, 3.05) is 65.8 Å². The van der Waals surface area contributed by atoms with Crippen molar-refractivity contribution in [2.45, 2.75) is 76.0 Å². The Hall–Kier alpha value is -1.24. The molecule has 0 bridgehead atoms. The van der Waals surface area contributed by atoms with Crippen molar-refractivity contribution in [3.05, 3.63) is 11.6 Å². The molecule has 1 spiro atoms. The van der Waals surface area contributed by atoms with Crippen LogP contribution in [0.4, 0.5) is 4.79 Å². The molecular formula is C27H45N3O7S. The minimum atomic E-state index is -3.11. The summed E-state index contributed by atoms with van der Waals surface area (Å²) >= 11 is 0. The summed E-state index contributed by atoms with van der Waals surface area (Å²) in [7, 11) is -1.41. The molecule has 5 aliphatic rings. The lowest BCUT2D eigenvalue weighted by molar-refractivity contribution is -0.124. The summed E-state index contributed by atoms with van der Waals surface area (Å²) in [6.45, 7) is 12.0. The lowest BCUT2D eigenvalue weighted by atomic mass is 9.68. The number of hydrogen-bond acceptors (Lipinski definition) is 8. The van der Waals surface area contributed by atoms with E-state index in [4.69, 9.17) is 18.9 Å². The van der Waals surface area contributed by atoms with Gasteiger partial charge in [-0.25, -0.2) is 13.2 Å². The number of piperazine rings is 1. The molecule has 216 valence electrons. The van der Waals surface area contributed by atoms with Crippen LogP contribution in [0.1, 0.15) is 46.5 Å². The first-order valence-electron chi connectivity index (χ1n) is 14.1. The fourth-order valence-corrected chi connectivity index (χ4v) is 7.65. The van der Waals surface area contributed by atoms with Gasteiger partial charge in [-0.3, -0.25) is 0 Å². The predicted octanol–water partition coefficient (Wildman–Crippen LogP) is 2.10. The van der Waals surface area contributed by atoms with Crippen LogP contribution in [-0.2, 0) is 29.0 Å². The number of carbonyl (C=O) groups excluding carboxylic acids is 1. The van der Waals surface area contributed by atoms with E-state index < -0.39 is 10.0 Å². The lowest BCUT2D eigenvalue weighted by Crippen LogP contribution is -2.58. The maximum Gasteiger partial charge on any atom is 0.410 e. The Bertz CT molecular complexity index is 1010. The van der Waals surface area contributed by atoms with Gasteiger partial charge < -0.3 is 28.7 Å². The summed E-state index contributed by atoms with van der Waals surface area (Å²) in [6.07, 6.45) is 6.21. The molecule has 6 atom stereocenters. The van der Waals surface area contributed by atoms with Gasteiger partial charge in [0.05, 0.1) is 24.9 Å². The van der Waals surface area contributed by atoms with E-state index in [-0.39, 0.29) is 41.5 Å². The van der Waals surface area contributed by atoms with E-state index in [1.807, 2.05) is 0 Å². The summed E-state index contributed by atoms with van der Waals surface area (Å²) in [4.78, 5) is 17.1. The molecule has 1 amide bonds. The number of likely N-dealkylation sites (tertiary alicyclic amines) is 1. The Morgan fingerprint density at radius 3 is 2.42 bits per heavy atom. The molecule has 0 aromatic heterocycles. The number of epoxide rings is 2. The van der Waals surface area contributed by atoms with E-state index in [0.717, 1.165) is 45.3 Å². The Morgan fingerprint density at radius 2 is 1.84 bits per heavy atom. The van der Waals surface area contributed by atoms with Crippen molar-refractivity contribution in [1.29, 1.82) is 0 Å². The van der Waals surface area contributed by atoms with Crippen LogP contribution in [0.15, 0.2) is 11.6 Å². The Labute approximate surface area is 227 Å². The molecule has 11 heteroatoms. The number of nitrogens with zero attached hydrogens (tertiary/aromatic N) is 3. The molecule has 4 aliphatic heterocycles.